The van der Waals surface area contributed by atoms with E-state index in [0.29, 0.717) is 23.6 Å². The minimum Gasteiger partial charge on any atom is -0.454 e. The Bertz CT molecular complexity index is 729. The third-order valence-corrected chi connectivity index (χ3v) is 4.78. The molecule has 0 aromatic heterocycles. The van der Waals surface area contributed by atoms with E-state index in [0.717, 1.165) is 19.5 Å². The Balaban J connectivity index is 1.69. The molecule has 0 fully saturated rings. The van der Waals surface area contributed by atoms with E-state index in [9.17, 15) is 4.79 Å². The van der Waals surface area contributed by atoms with E-state index in [1.165, 1.54) is 5.56 Å². The molecule has 1 aliphatic heterocycles. The Kier molecular flexibility index (Phi) is 6.12. The number of rotatable bonds is 8. The van der Waals surface area contributed by atoms with Gasteiger partial charge in [0.1, 0.15) is 0 Å². The van der Waals surface area contributed by atoms with Gasteiger partial charge >= 0.3 is 0 Å². The van der Waals surface area contributed by atoms with Gasteiger partial charge in [-0.05, 0) is 37.2 Å². The van der Waals surface area contributed by atoms with Crippen molar-refractivity contribution in [3.8, 4) is 11.5 Å². The maximum Gasteiger partial charge on any atom is 0.255 e. The Morgan fingerprint density at radius 3 is 2.58 bits per heavy atom. The predicted octanol–water partition coefficient (Wildman–Crippen LogP) is 3.10. The van der Waals surface area contributed by atoms with Gasteiger partial charge in [0.05, 0.1) is 5.56 Å². The number of hydrogen-bond acceptors (Lipinski definition) is 4. The summed E-state index contributed by atoms with van der Waals surface area (Å²) in [7, 11) is 0. The highest BCUT2D eigenvalue weighted by Crippen LogP contribution is 2.35. The maximum atomic E-state index is 12.7. The van der Waals surface area contributed by atoms with Crippen molar-refractivity contribution in [2.45, 2.75) is 26.3 Å². The normalized spacial score (nSPS) is 13.7. The average molecular weight is 354 g/mol. The van der Waals surface area contributed by atoms with Gasteiger partial charge in [-0.2, -0.15) is 0 Å². The van der Waals surface area contributed by atoms with Gasteiger partial charge in [-0.3, -0.25) is 9.69 Å². The van der Waals surface area contributed by atoms with Crippen LogP contribution < -0.4 is 14.8 Å². The largest absolute Gasteiger partial charge is 0.454 e. The zero-order valence-corrected chi connectivity index (χ0v) is 15.4. The van der Waals surface area contributed by atoms with Crippen molar-refractivity contribution in [3.05, 3.63) is 59.7 Å². The van der Waals surface area contributed by atoms with E-state index in [1.54, 1.807) is 6.07 Å². The van der Waals surface area contributed by atoms with Gasteiger partial charge in [-0.15, -0.1) is 0 Å². The third kappa shape index (κ3) is 4.17. The van der Waals surface area contributed by atoms with Crippen LogP contribution in [0.25, 0.3) is 0 Å². The summed E-state index contributed by atoms with van der Waals surface area (Å²) in [5.41, 5.74) is 1.80. The molecule has 0 saturated carbocycles. The molecular weight excluding hydrogens is 328 g/mol. The summed E-state index contributed by atoms with van der Waals surface area (Å²) in [6.45, 7) is 6.94. The lowest BCUT2D eigenvalue weighted by atomic mass is 10.0. The molecule has 1 heterocycles. The fourth-order valence-electron chi connectivity index (χ4n) is 3.37. The highest BCUT2D eigenvalue weighted by molar-refractivity contribution is 5.97. The van der Waals surface area contributed by atoms with Gasteiger partial charge in [0.15, 0.2) is 11.5 Å². The number of hydrogen-bond donors (Lipinski definition) is 1. The second kappa shape index (κ2) is 8.72. The molecule has 5 heteroatoms. The Labute approximate surface area is 154 Å². The molecule has 0 radical (unpaired) electrons. The molecule has 1 amide bonds. The summed E-state index contributed by atoms with van der Waals surface area (Å²) in [6, 6.07) is 16.0. The lowest BCUT2D eigenvalue weighted by molar-refractivity contribution is 0.0930. The smallest absolute Gasteiger partial charge is 0.255 e. The first-order valence-electron chi connectivity index (χ1n) is 9.17. The minimum atomic E-state index is -0.127. The van der Waals surface area contributed by atoms with Crippen LogP contribution >= 0.6 is 0 Å². The van der Waals surface area contributed by atoms with Gasteiger partial charge < -0.3 is 14.8 Å². The van der Waals surface area contributed by atoms with E-state index < -0.39 is 0 Å². The molecule has 1 unspecified atom stereocenters. The number of amides is 1. The van der Waals surface area contributed by atoms with E-state index in [2.05, 4.69) is 48.3 Å². The molecule has 2 aromatic carbocycles. The molecule has 0 spiro atoms. The van der Waals surface area contributed by atoms with E-state index >= 15 is 0 Å². The summed E-state index contributed by atoms with van der Waals surface area (Å²) in [4.78, 5) is 15.1. The second-order valence-electron chi connectivity index (χ2n) is 6.31. The van der Waals surface area contributed by atoms with Gasteiger partial charge in [-0.25, -0.2) is 0 Å². The lowest BCUT2D eigenvalue weighted by Gasteiger charge is -2.30. The second-order valence-corrected chi connectivity index (χ2v) is 6.31. The molecule has 1 atom stereocenters. The zero-order chi connectivity index (χ0) is 18.4. The van der Waals surface area contributed by atoms with Crippen LogP contribution in [0.2, 0.25) is 0 Å². The predicted molar refractivity (Wildman–Crippen MR) is 102 cm³/mol. The monoisotopic (exact) mass is 354 g/mol. The van der Waals surface area contributed by atoms with Crippen molar-refractivity contribution in [3.63, 3.8) is 0 Å². The highest BCUT2D eigenvalue weighted by Gasteiger charge is 2.23. The summed E-state index contributed by atoms with van der Waals surface area (Å²) < 4.78 is 10.8. The number of carbonyl (C=O) groups excluding carboxylic acids is 1. The molecule has 0 bridgehead atoms. The molecule has 5 nitrogen and oxygen atoms in total. The standard InChI is InChI=1S/C21H26N2O3/c1-3-23(4-2)17(13-16-9-6-5-7-10-16)14-22-21(24)18-11-8-12-19-20(18)26-15-25-19/h5-12,17H,3-4,13-15H2,1-2H3,(H,22,24). The summed E-state index contributed by atoms with van der Waals surface area (Å²) in [5, 5.41) is 3.08. The topological polar surface area (TPSA) is 50.8 Å². The van der Waals surface area contributed by atoms with Crippen LogP contribution in [0.5, 0.6) is 11.5 Å². The number of nitrogens with one attached hydrogen (secondary N) is 1. The van der Waals surface area contributed by atoms with Crippen molar-refractivity contribution in [1.29, 1.82) is 0 Å². The molecule has 0 aliphatic carbocycles. The van der Waals surface area contributed by atoms with E-state index in [-0.39, 0.29) is 18.7 Å². The van der Waals surface area contributed by atoms with Gasteiger partial charge in [0.25, 0.3) is 5.91 Å². The third-order valence-electron chi connectivity index (χ3n) is 4.78. The lowest BCUT2D eigenvalue weighted by Crippen LogP contribution is -2.45. The van der Waals surface area contributed by atoms with Crippen LogP contribution in [-0.4, -0.2) is 43.3 Å². The van der Waals surface area contributed by atoms with Crippen LogP contribution in [0.4, 0.5) is 0 Å². The van der Waals surface area contributed by atoms with Crippen molar-refractivity contribution in [1.82, 2.24) is 10.2 Å². The SMILES string of the molecule is CCN(CC)C(CNC(=O)c1cccc2c1OCO2)Cc1ccccc1. The molecule has 1 N–H and O–H groups in total. The van der Waals surface area contributed by atoms with Gasteiger partial charge in [-0.1, -0.05) is 50.2 Å². The van der Waals surface area contributed by atoms with Crippen molar-refractivity contribution < 1.29 is 14.3 Å². The quantitative estimate of drug-likeness (QED) is 0.791. The molecule has 26 heavy (non-hydrogen) atoms. The first-order chi connectivity index (χ1) is 12.7. The number of fused-ring (bicyclic) bond motifs is 1. The highest BCUT2D eigenvalue weighted by atomic mass is 16.7. The van der Waals surface area contributed by atoms with Gasteiger partial charge in [0.2, 0.25) is 6.79 Å². The maximum absolute atomic E-state index is 12.7. The fourth-order valence-corrected chi connectivity index (χ4v) is 3.37. The van der Waals surface area contributed by atoms with Crippen LogP contribution in [0.3, 0.4) is 0 Å². The number of likely N-dealkylation sites (N-methyl/N-ethyl adjacent to an activating group) is 1. The van der Waals surface area contributed by atoms with Gasteiger partial charge in [0, 0.05) is 12.6 Å². The first kappa shape index (κ1) is 18.3. The summed E-state index contributed by atoms with van der Waals surface area (Å²) in [6.07, 6.45) is 0.898. The number of carbonyl (C=O) groups is 1. The average Bonchev–Trinajstić information content (AvgIpc) is 3.16. The van der Waals surface area contributed by atoms with Crippen LogP contribution in [0.15, 0.2) is 48.5 Å². The number of benzene rings is 2. The Morgan fingerprint density at radius 2 is 1.85 bits per heavy atom. The molecule has 1 aliphatic rings. The Morgan fingerprint density at radius 1 is 1.08 bits per heavy atom. The summed E-state index contributed by atoms with van der Waals surface area (Å²) in [5.74, 6) is 1.03. The molecule has 138 valence electrons. The number of para-hydroxylation sites is 1. The Hall–Kier alpha value is -2.53. The number of ether oxygens (including phenoxy) is 2. The minimum absolute atomic E-state index is 0.127. The van der Waals surface area contributed by atoms with Crippen molar-refractivity contribution >= 4 is 5.91 Å². The molecular formula is C21H26N2O3. The zero-order valence-electron chi connectivity index (χ0n) is 15.4. The number of nitrogens with zero attached hydrogens (tertiary/aromatic N) is 1. The van der Waals surface area contributed by atoms with Crippen molar-refractivity contribution in [2.75, 3.05) is 26.4 Å². The van der Waals surface area contributed by atoms with Crippen LogP contribution in [0.1, 0.15) is 29.8 Å². The summed E-state index contributed by atoms with van der Waals surface area (Å²) >= 11 is 0. The van der Waals surface area contributed by atoms with E-state index in [4.69, 9.17) is 9.47 Å². The molecule has 3 rings (SSSR count). The van der Waals surface area contributed by atoms with Crippen LogP contribution in [-0.2, 0) is 6.42 Å². The van der Waals surface area contributed by atoms with Crippen molar-refractivity contribution in [2.24, 2.45) is 0 Å². The first-order valence-corrected chi connectivity index (χ1v) is 9.17. The van der Waals surface area contributed by atoms with Crippen LogP contribution in [0, 0.1) is 0 Å². The molecule has 2 aromatic rings. The van der Waals surface area contributed by atoms with E-state index in [1.807, 2.05) is 18.2 Å². The molecule has 0 saturated heterocycles. The fraction of sp³-hybridized carbons (Fsp3) is 0.381.